The van der Waals surface area contributed by atoms with Gasteiger partial charge in [0.15, 0.2) is 0 Å². The number of nitrogens with zero attached hydrogens (tertiary/aromatic N) is 2. The minimum Gasteiger partial charge on any atom is -0.497 e. The van der Waals surface area contributed by atoms with Crippen LogP contribution in [0.3, 0.4) is 0 Å². The van der Waals surface area contributed by atoms with Gasteiger partial charge in [-0.2, -0.15) is 0 Å². The molecule has 0 spiro atoms. The van der Waals surface area contributed by atoms with E-state index >= 15 is 0 Å². The van der Waals surface area contributed by atoms with Crippen LogP contribution < -0.4 is 19.7 Å². The van der Waals surface area contributed by atoms with Crippen LogP contribution in [0.25, 0.3) is 0 Å². The van der Waals surface area contributed by atoms with E-state index < -0.39 is 0 Å². The summed E-state index contributed by atoms with van der Waals surface area (Å²) >= 11 is 0. The molecule has 0 aliphatic carbocycles. The van der Waals surface area contributed by atoms with Crippen molar-refractivity contribution >= 4 is 17.4 Å². The first-order valence-corrected chi connectivity index (χ1v) is 6.73. The lowest BCUT2D eigenvalue weighted by Gasteiger charge is -2.13. The Labute approximate surface area is 129 Å². The van der Waals surface area contributed by atoms with Gasteiger partial charge in [0.25, 0.3) is 5.91 Å². The molecule has 1 aromatic heterocycles. The number of carbonyl (C=O) groups is 1. The van der Waals surface area contributed by atoms with E-state index in [1.165, 1.54) is 0 Å². The number of ether oxygens (including phenoxy) is 2. The van der Waals surface area contributed by atoms with Gasteiger partial charge < -0.3 is 19.7 Å². The van der Waals surface area contributed by atoms with E-state index in [1.807, 2.05) is 25.1 Å². The van der Waals surface area contributed by atoms with E-state index in [1.54, 1.807) is 44.6 Å². The molecule has 6 heteroatoms. The Hall–Kier alpha value is -2.76. The van der Waals surface area contributed by atoms with Gasteiger partial charge in [0.1, 0.15) is 23.0 Å². The molecule has 1 N–H and O–H groups in total. The highest BCUT2D eigenvalue weighted by molar-refractivity contribution is 6.04. The third kappa shape index (κ3) is 3.46. The summed E-state index contributed by atoms with van der Waals surface area (Å²) in [5.74, 6) is 1.59. The number of hydrogen-bond acceptors (Lipinski definition) is 5. The molecular formula is C16H19N3O3. The second-order valence-corrected chi connectivity index (χ2v) is 4.80. The molecule has 22 heavy (non-hydrogen) atoms. The predicted octanol–water partition coefficient (Wildman–Crippen LogP) is 2.42. The van der Waals surface area contributed by atoms with Crippen LogP contribution in [0.15, 0.2) is 36.4 Å². The van der Waals surface area contributed by atoms with E-state index in [-0.39, 0.29) is 5.91 Å². The third-order valence-electron chi connectivity index (χ3n) is 3.08. The van der Waals surface area contributed by atoms with E-state index in [4.69, 9.17) is 9.47 Å². The van der Waals surface area contributed by atoms with Crippen molar-refractivity contribution in [1.29, 1.82) is 0 Å². The van der Waals surface area contributed by atoms with Gasteiger partial charge in [0.2, 0.25) is 0 Å². The zero-order valence-corrected chi connectivity index (χ0v) is 13.1. The quantitative estimate of drug-likeness (QED) is 0.919. The average molecular weight is 301 g/mol. The maximum absolute atomic E-state index is 12.4. The number of benzene rings is 1. The summed E-state index contributed by atoms with van der Waals surface area (Å²) in [4.78, 5) is 18.5. The smallest absolute Gasteiger partial charge is 0.274 e. The summed E-state index contributed by atoms with van der Waals surface area (Å²) in [6.07, 6.45) is 0. The number of aromatic nitrogens is 1. The molecule has 0 radical (unpaired) electrons. The maximum atomic E-state index is 12.4. The van der Waals surface area contributed by atoms with E-state index in [0.717, 1.165) is 0 Å². The Morgan fingerprint density at radius 2 is 1.91 bits per heavy atom. The molecular weight excluding hydrogens is 282 g/mol. The van der Waals surface area contributed by atoms with Crippen molar-refractivity contribution in [2.24, 2.45) is 0 Å². The van der Waals surface area contributed by atoms with Crippen LogP contribution in [-0.2, 0) is 0 Å². The molecule has 2 aromatic rings. The van der Waals surface area contributed by atoms with Crippen LogP contribution in [-0.4, -0.2) is 39.2 Å². The fraction of sp³-hybridized carbons (Fsp3) is 0.250. The third-order valence-corrected chi connectivity index (χ3v) is 3.08. The van der Waals surface area contributed by atoms with Crippen molar-refractivity contribution in [2.45, 2.75) is 0 Å². The van der Waals surface area contributed by atoms with Crippen LogP contribution in [0.4, 0.5) is 11.5 Å². The van der Waals surface area contributed by atoms with Gasteiger partial charge in [-0.05, 0) is 24.3 Å². The van der Waals surface area contributed by atoms with Crippen molar-refractivity contribution in [2.75, 3.05) is 38.5 Å². The first kappa shape index (κ1) is 15.6. The summed E-state index contributed by atoms with van der Waals surface area (Å²) in [5.41, 5.74) is 0.861. The van der Waals surface area contributed by atoms with Crippen molar-refractivity contribution < 1.29 is 14.3 Å². The normalized spacial score (nSPS) is 10.0. The standard InChI is InChI=1S/C16H19N3O3/c1-19(2)15-7-5-6-12(17-15)16(20)18-13-10-11(21-3)8-9-14(13)22-4/h5-10H,1-4H3,(H,18,20). The number of nitrogens with one attached hydrogen (secondary N) is 1. The van der Waals surface area contributed by atoms with Crippen LogP contribution in [0.2, 0.25) is 0 Å². The van der Waals surface area contributed by atoms with E-state index in [0.29, 0.717) is 28.7 Å². The van der Waals surface area contributed by atoms with E-state index in [9.17, 15) is 4.79 Å². The van der Waals surface area contributed by atoms with Gasteiger partial charge in [0.05, 0.1) is 19.9 Å². The molecule has 0 atom stereocenters. The molecule has 116 valence electrons. The Morgan fingerprint density at radius 1 is 1.14 bits per heavy atom. The molecule has 0 saturated heterocycles. The lowest BCUT2D eigenvalue weighted by atomic mass is 10.2. The topological polar surface area (TPSA) is 63.7 Å². The van der Waals surface area contributed by atoms with Crippen LogP contribution in [0.1, 0.15) is 10.5 Å². The van der Waals surface area contributed by atoms with Crippen LogP contribution in [0.5, 0.6) is 11.5 Å². The molecule has 0 saturated carbocycles. The predicted molar refractivity (Wildman–Crippen MR) is 86.1 cm³/mol. The minimum absolute atomic E-state index is 0.310. The monoisotopic (exact) mass is 301 g/mol. The highest BCUT2D eigenvalue weighted by Crippen LogP contribution is 2.29. The van der Waals surface area contributed by atoms with Crippen LogP contribution >= 0.6 is 0 Å². The van der Waals surface area contributed by atoms with Crippen molar-refractivity contribution in [3.05, 3.63) is 42.1 Å². The molecule has 0 aliphatic heterocycles. The van der Waals surface area contributed by atoms with Gasteiger partial charge in [0, 0.05) is 20.2 Å². The molecule has 1 amide bonds. The first-order valence-electron chi connectivity index (χ1n) is 6.73. The summed E-state index contributed by atoms with van der Waals surface area (Å²) in [5, 5.41) is 2.79. The molecule has 1 heterocycles. The molecule has 0 bridgehead atoms. The van der Waals surface area contributed by atoms with Crippen molar-refractivity contribution in [3.8, 4) is 11.5 Å². The molecule has 0 unspecified atom stereocenters. The van der Waals surface area contributed by atoms with Gasteiger partial charge in [-0.3, -0.25) is 4.79 Å². The largest absolute Gasteiger partial charge is 0.497 e. The molecule has 2 rings (SSSR count). The van der Waals surface area contributed by atoms with Crippen molar-refractivity contribution in [1.82, 2.24) is 4.98 Å². The zero-order chi connectivity index (χ0) is 16.1. The maximum Gasteiger partial charge on any atom is 0.274 e. The molecule has 1 aromatic carbocycles. The summed E-state index contributed by atoms with van der Waals surface area (Å²) < 4.78 is 10.4. The minimum atomic E-state index is -0.310. The average Bonchev–Trinajstić information content (AvgIpc) is 2.54. The number of anilines is 2. The number of methoxy groups -OCH3 is 2. The zero-order valence-electron chi connectivity index (χ0n) is 13.1. The molecule has 0 fully saturated rings. The van der Waals surface area contributed by atoms with Gasteiger partial charge in [-0.25, -0.2) is 4.98 Å². The van der Waals surface area contributed by atoms with Crippen LogP contribution in [0, 0.1) is 0 Å². The fourth-order valence-corrected chi connectivity index (χ4v) is 1.90. The Kier molecular flexibility index (Phi) is 4.83. The molecule has 0 aliphatic rings. The highest BCUT2D eigenvalue weighted by Gasteiger charge is 2.13. The summed E-state index contributed by atoms with van der Waals surface area (Å²) in [6.45, 7) is 0. The summed E-state index contributed by atoms with van der Waals surface area (Å²) in [7, 11) is 6.85. The van der Waals surface area contributed by atoms with Gasteiger partial charge in [-0.1, -0.05) is 6.07 Å². The SMILES string of the molecule is COc1ccc(OC)c(NC(=O)c2cccc(N(C)C)n2)c1. The Bertz CT molecular complexity index is 671. The Morgan fingerprint density at radius 3 is 2.55 bits per heavy atom. The number of hydrogen-bond donors (Lipinski definition) is 1. The number of rotatable bonds is 5. The van der Waals surface area contributed by atoms with Crippen molar-refractivity contribution in [3.63, 3.8) is 0 Å². The summed E-state index contributed by atoms with van der Waals surface area (Å²) in [6, 6.07) is 10.5. The Balaban J connectivity index is 2.26. The lowest BCUT2D eigenvalue weighted by Crippen LogP contribution is -2.17. The molecule has 6 nitrogen and oxygen atoms in total. The van der Waals surface area contributed by atoms with E-state index in [2.05, 4.69) is 10.3 Å². The highest BCUT2D eigenvalue weighted by atomic mass is 16.5. The second-order valence-electron chi connectivity index (χ2n) is 4.80. The first-order chi connectivity index (χ1) is 10.5. The second kappa shape index (κ2) is 6.80. The number of amides is 1. The fourth-order valence-electron chi connectivity index (χ4n) is 1.90. The number of pyridine rings is 1. The lowest BCUT2D eigenvalue weighted by molar-refractivity contribution is 0.102. The number of carbonyl (C=O) groups excluding carboxylic acids is 1. The van der Waals surface area contributed by atoms with Gasteiger partial charge in [-0.15, -0.1) is 0 Å². The van der Waals surface area contributed by atoms with Gasteiger partial charge >= 0.3 is 0 Å².